The Kier molecular flexibility index (Phi) is 9.00. The van der Waals surface area contributed by atoms with E-state index in [4.69, 9.17) is 17.3 Å². The number of hydrogen-bond acceptors (Lipinski definition) is 4. The van der Waals surface area contributed by atoms with Crippen molar-refractivity contribution in [3.63, 3.8) is 0 Å². The molecule has 1 saturated carbocycles. The van der Waals surface area contributed by atoms with Crippen LogP contribution in [0.25, 0.3) is 5.69 Å². The molecule has 0 saturated heterocycles. The first-order chi connectivity index (χ1) is 17.9. The molecule has 1 aromatic heterocycles. The van der Waals surface area contributed by atoms with E-state index in [2.05, 4.69) is 22.7 Å². The predicted octanol–water partition coefficient (Wildman–Crippen LogP) is 5.53. The van der Waals surface area contributed by atoms with Crippen LogP contribution in [0.1, 0.15) is 71.0 Å². The Morgan fingerprint density at radius 1 is 1.11 bits per heavy atom. The summed E-state index contributed by atoms with van der Waals surface area (Å²) >= 11 is 6.03. The molecule has 1 aliphatic rings. The van der Waals surface area contributed by atoms with E-state index in [-0.39, 0.29) is 11.8 Å². The number of carbonyl (C=O) groups is 2. The zero-order valence-electron chi connectivity index (χ0n) is 21.6. The van der Waals surface area contributed by atoms with Crippen LogP contribution in [0.5, 0.6) is 0 Å². The number of nitrogens with one attached hydrogen (secondary N) is 2. The number of rotatable bonds is 9. The van der Waals surface area contributed by atoms with Crippen molar-refractivity contribution in [2.24, 2.45) is 17.6 Å². The first-order valence-corrected chi connectivity index (χ1v) is 13.5. The fourth-order valence-corrected chi connectivity index (χ4v) is 5.25. The maximum atomic E-state index is 13.2. The summed E-state index contributed by atoms with van der Waals surface area (Å²) in [6.45, 7) is 5.35. The molecule has 0 bridgehead atoms. The van der Waals surface area contributed by atoms with E-state index in [0.29, 0.717) is 46.6 Å². The molecule has 1 heterocycles. The third-order valence-electron chi connectivity index (χ3n) is 7.18. The van der Waals surface area contributed by atoms with Gasteiger partial charge in [-0.05, 0) is 99.0 Å². The maximum absolute atomic E-state index is 13.2. The zero-order chi connectivity index (χ0) is 26.4. The Balaban J connectivity index is 1.43. The van der Waals surface area contributed by atoms with Crippen LogP contribution in [0.2, 0.25) is 5.02 Å². The smallest absolute Gasteiger partial charge is 0.259 e. The molecule has 0 radical (unpaired) electrons. The lowest BCUT2D eigenvalue weighted by molar-refractivity contribution is 0.0939. The molecular weight excluding hydrogens is 486 g/mol. The molecule has 2 unspecified atom stereocenters. The van der Waals surface area contributed by atoms with Crippen LogP contribution in [0.3, 0.4) is 0 Å². The molecule has 2 aromatic carbocycles. The number of aryl methyl sites for hydroxylation is 1. The number of hydrogen-bond donors (Lipinski definition) is 3. The second-order valence-electron chi connectivity index (χ2n) is 9.97. The summed E-state index contributed by atoms with van der Waals surface area (Å²) in [5.41, 5.74) is 10.1. The Labute approximate surface area is 223 Å². The zero-order valence-corrected chi connectivity index (χ0v) is 22.4. The average molecular weight is 522 g/mol. The lowest BCUT2D eigenvalue weighted by Gasteiger charge is -2.28. The molecule has 0 aliphatic heterocycles. The van der Waals surface area contributed by atoms with Gasteiger partial charge in [0.05, 0.1) is 23.1 Å². The molecule has 2 amide bonds. The topological polar surface area (TPSA) is 102 Å². The molecule has 4 rings (SSSR count). The number of nitrogens with zero attached hydrogens (tertiary/aromatic N) is 2. The van der Waals surface area contributed by atoms with Gasteiger partial charge in [-0.3, -0.25) is 9.59 Å². The van der Waals surface area contributed by atoms with Gasteiger partial charge in [0.25, 0.3) is 11.8 Å². The fourth-order valence-electron chi connectivity index (χ4n) is 5.12. The van der Waals surface area contributed by atoms with E-state index >= 15 is 0 Å². The van der Waals surface area contributed by atoms with E-state index in [9.17, 15) is 9.59 Å². The quantitative estimate of drug-likeness (QED) is 0.344. The standard InChI is InChI=1S/C29H36ClN5O2/c1-3-5-27-25(18-33-35(27)24-11-9-23(30)10-12-24)29(37)34-26-13-8-22(14-19(26)2)28(36)32-17-21-7-4-6-20(15-21)16-31/h8-14,18,20-21H,3-7,15-17,31H2,1-2H3,(H,32,36)(H,34,37). The molecular formula is C29H36ClN5O2. The molecule has 0 spiro atoms. The maximum Gasteiger partial charge on any atom is 0.259 e. The van der Waals surface area contributed by atoms with E-state index in [1.54, 1.807) is 35.1 Å². The molecule has 8 heteroatoms. The third kappa shape index (κ3) is 6.59. The molecule has 1 fully saturated rings. The lowest BCUT2D eigenvalue weighted by atomic mass is 9.81. The van der Waals surface area contributed by atoms with Gasteiger partial charge >= 0.3 is 0 Å². The minimum atomic E-state index is -0.226. The highest BCUT2D eigenvalue weighted by atomic mass is 35.5. The van der Waals surface area contributed by atoms with Gasteiger partial charge in [0.15, 0.2) is 0 Å². The highest BCUT2D eigenvalue weighted by Crippen LogP contribution is 2.28. The van der Waals surface area contributed by atoms with Gasteiger partial charge in [0.2, 0.25) is 0 Å². The van der Waals surface area contributed by atoms with Gasteiger partial charge in [-0.15, -0.1) is 0 Å². The SMILES string of the molecule is CCCc1c(C(=O)Nc2ccc(C(=O)NCC3CCCC(CN)C3)cc2C)cnn1-c1ccc(Cl)cc1. The van der Waals surface area contributed by atoms with Crippen molar-refractivity contribution in [1.82, 2.24) is 15.1 Å². The van der Waals surface area contributed by atoms with E-state index in [1.807, 2.05) is 25.1 Å². The van der Waals surface area contributed by atoms with Gasteiger partial charge in [-0.25, -0.2) is 4.68 Å². The summed E-state index contributed by atoms with van der Waals surface area (Å²) in [7, 11) is 0. The number of aromatic nitrogens is 2. The summed E-state index contributed by atoms with van der Waals surface area (Å²) in [5, 5.41) is 11.2. The number of carbonyl (C=O) groups excluding carboxylic acids is 2. The molecule has 4 N–H and O–H groups in total. The van der Waals surface area contributed by atoms with Gasteiger partial charge < -0.3 is 16.4 Å². The fraction of sp³-hybridized carbons (Fsp3) is 0.414. The summed E-state index contributed by atoms with van der Waals surface area (Å²) in [4.78, 5) is 26.0. The normalized spacial score (nSPS) is 17.4. The van der Waals surface area contributed by atoms with Crippen LogP contribution in [-0.2, 0) is 6.42 Å². The van der Waals surface area contributed by atoms with Crippen molar-refractivity contribution in [1.29, 1.82) is 0 Å². The van der Waals surface area contributed by atoms with Crippen molar-refractivity contribution < 1.29 is 9.59 Å². The average Bonchev–Trinajstić information content (AvgIpc) is 3.33. The molecule has 2 atom stereocenters. The Bertz CT molecular complexity index is 1240. The van der Waals surface area contributed by atoms with Crippen LogP contribution in [0.4, 0.5) is 5.69 Å². The summed E-state index contributed by atoms with van der Waals surface area (Å²) in [6, 6.07) is 12.7. The highest BCUT2D eigenvalue weighted by Gasteiger charge is 2.22. The van der Waals surface area contributed by atoms with Gasteiger partial charge in [-0.1, -0.05) is 31.4 Å². The predicted molar refractivity (Wildman–Crippen MR) is 149 cm³/mol. The van der Waals surface area contributed by atoms with Crippen LogP contribution in [0.15, 0.2) is 48.7 Å². The minimum absolute atomic E-state index is 0.0923. The number of halogens is 1. The monoisotopic (exact) mass is 521 g/mol. The van der Waals surface area contributed by atoms with E-state index < -0.39 is 0 Å². The van der Waals surface area contributed by atoms with Crippen molar-refractivity contribution in [3.05, 3.63) is 76.1 Å². The van der Waals surface area contributed by atoms with Crippen molar-refractivity contribution in [2.45, 2.75) is 52.4 Å². The van der Waals surface area contributed by atoms with Crippen molar-refractivity contribution in [3.8, 4) is 5.69 Å². The van der Waals surface area contributed by atoms with Gasteiger partial charge in [0.1, 0.15) is 0 Å². The van der Waals surface area contributed by atoms with Crippen molar-refractivity contribution >= 4 is 29.1 Å². The lowest BCUT2D eigenvalue weighted by Crippen LogP contribution is -2.33. The first-order valence-electron chi connectivity index (χ1n) is 13.1. The van der Waals surface area contributed by atoms with Crippen molar-refractivity contribution in [2.75, 3.05) is 18.4 Å². The molecule has 196 valence electrons. The third-order valence-corrected chi connectivity index (χ3v) is 7.44. The summed E-state index contributed by atoms with van der Waals surface area (Å²) < 4.78 is 1.79. The van der Waals surface area contributed by atoms with Crippen LogP contribution < -0.4 is 16.4 Å². The molecule has 37 heavy (non-hydrogen) atoms. The highest BCUT2D eigenvalue weighted by molar-refractivity contribution is 6.30. The Morgan fingerprint density at radius 2 is 1.86 bits per heavy atom. The number of anilines is 1. The second kappa shape index (κ2) is 12.4. The van der Waals surface area contributed by atoms with Crippen LogP contribution >= 0.6 is 11.6 Å². The Hall–Kier alpha value is -3.16. The number of nitrogens with two attached hydrogens (primary N) is 1. The summed E-state index contributed by atoms with van der Waals surface area (Å²) in [5.74, 6) is 0.731. The first kappa shape index (κ1) is 26.9. The molecule has 1 aliphatic carbocycles. The Morgan fingerprint density at radius 3 is 2.57 bits per heavy atom. The molecule has 7 nitrogen and oxygen atoms in total. The van der Waals surface area contributed by atoms with Crippen LogP contribution in [-0.4, -0.2) is 34.7 Å². The largest absolute Gasteiger partial charge is 0.352 e. The van der Waals surface area contributed by atoms with Gasteiger partial charge in [-0.2, -0.15) is 5.10 Å². The summed E-state index contributed by atoms with van der Waals surface area (Å²) in [6.07, 6.45) is 7.76. The van der Waals surface area contributed by atoms with E-state index in [0.717, 1.165) is 42.8 Å². The number of benzene rings is 2. The van der Waals surface area contributed by atoms with Gasteiger partial charge in [0, 0.05) is 22.8 Å². The number of amides is 2. The van der Waals surface area contributed by atoms with E-state index in [1.165, 1.54) is 12.8 Å². The minimum Gasteiger partial charge on any atom is -0.352 e. The second-order valence-corrected chi connectivity index (χ2v) is 10.4. The molecule has 3 aromatic rings. The van der Waals surface area contributed by atoms with Crippen LogP contribution in [0, 0.1) is 18.8 Å².